The van der Waals surface area contributed by atoms with Gasteiger partial charge in [-0.15, -0.1) is 0 Å². The number of phenols is 1. The summed E-state index contributed by atoms with van der Waals surface area (Å²) in [5.41, 5.74) is 6.78. The van der Waals surface area contributed by atoms with E-state index < -0.39 is 0 Å². The first-order valence-electron chi connectivity index (χ1n) is 6.87. The molecule has 0 heterocycles. The molecule has 20 heavy (non-hydrogen) atoms. The lowest BCUT2D eigenvalue weighted by Crippen LogP contribution is -2.32. The van der Waals surface area contributed by atoms with E-state index in [1.807, 2.05) is 0 Å². The molecule has 0 spiro atoms. The van der Waals surface area contributed by atoms with Gasteiger partial charge in [-0.05, 0) is 37.0 Å². The third-order valence-electron chi connectivity index (χ3n) is 3.86. The maximum atomic E-state index is 12.3. The molecule has 5 heteroatoms. The number of aromatic hydroxyl groups is 1. The molecule has 110 valence electrons. The van der Waals surface area contributed by atoms with E-state index in [0.29, 0.717) is 12.3 Å². The average Bonchev–Trinajstić information content (AvgIpc) is 2.86. The largest absolute Gasteiger partial charge is 0.504 e. The summed E-state index contributed by atoms with van der Waals surface area (Å²) >= 11 is 0. The zero-order valence-electron chi connectivity index (χ0n) is 12.0. The van der Waals surface area contributed by atoms with E-state index in [1.54, 1.807) is 30.1 Å². The molecule has 2 unspecified atom stereocenters. The molecule has 1 fully saturated rings. The Morgan fingerprint density at radius 2 is 2.25 bits per heavy atom. The molecule has 1 saturated carbocycles. The average molecular weight is 278 g/mol. The predicted molar refractivity (Wildman–Crippen MR) is 76.4 cm³/mol. The second-order valence-electron chi connectivity index (χ2n) is 5.47. The smallest absolute Gasteiger partial charge is 0.225 e. The van der Waals surface area contributed by atoms with Crippen LogP contribution in [0.3, 0.4) is 0 Å². The van der Waals surface area contributed by atoms with Crippen LogP contribution in [0.5, 0.6) is 11.5 Å². The highest BCUT2D eigenvalue weighted by molar-refractivity contribution is 5.79. The lowest BCUT2D eigenvalue weighted by molar-refractivity contribution is -0.134. The van der Waals surface area contributed by atoms with Crippen LogP contribution in [-0.4, -0.2) is 36.1 Å². The summed E-state index contributed by atoms with van der Waals surface area (Å²) in [4.78, 5) is 14.0. The number of carbonyl (C=O) groups excluding carboxylic acids is 1. The van der Waals surface area contributed by atoms with E-state index >= 15 is 0 Å². The number of nitrogens with two attached hydrogens (primary N) is 1. The maximum Gasteiger partial charge on any atom is 0.225 e. The molecule has 1 aromatic rings. The Hall–Kier alpha value is -1.75. The number of nitrogens with zero attached hydrogens (tertiary/aromatic N) is 1. The van der Waals surface area contributed by atoms with Gasteiger partial charge >= 0.3 is 0 Å². The summed E-state index contributed by atoms with van der Waals surface area (Å²) in [5, 5.41) is 9.56. The molecule has 2 atom stereocenters. The van der Waals surface area contributed by atoms with Crippen molar-refractivity contribution in [2.24, 2.45) is 11.7 Å². The van der Waals surface area contributed by atoms with Crippen molar-refractivity contribution in [3.05, 3.63) is 23.8 Å². The van der Waals surface area contributed by atoms with Crippen LogP contribution in [0, 0.1) is 5.92 Å². The van der Waals surface area contributed by atoms with E-state index in [0.717, 1.165) is 24.8 Å². The standard InChI is InChI=1S/C15H22N2O3/c1-17(15(19)11-4-5-12(16)8-11)9-10-3-6-13(18)14(7-10)20-2/h3,6-7,11-12,18H,4-5,8-9,16H2,1-2H3. The molecular formula is C15H22N2O3. The summed E-state index contributed by atoms with van der Waals surface area (Å²) in [6.07, 6.45) is 2.59. The third-order valence-corrected chi connectivity index (χ3v) is 3.86. The number of phenolic OH excluding ortho intramolecular Hbond substituents is 1. The number of hydrogen-bond donors (Lipinski definition) is 2. The molecular weight excluding hydrogens is 256 g/mol. The molecule has 3 N–H and O–H groups in total. The first-order valence-corrected chi connectivity index (χ1v) is 6.87. The number of rotatable bonds is 4. The van der Waals surface area contributed by atoms with Crippen LogP contribution in [0.1, 0.15) is 24.8 Å². The van der Waals surface area contributed by atoms with Crippen LogP contribution in [0.25, 0.3) is 0 Å². The van der Waals surface area contributed by atoms with Gasteiger partial charge in [-0.1, -0.05) is 6.07 Å². The van der Waals surface area contributed by atoms with Gasteiger partial charge < -0.3 is 20.5 Å². The lowest BCUT2D eigenvalue weighted by Gasteiger charge is -2.21. The van der Waals surface area contributed by atoms with Crippen molar-refractivity contribution in [3.8, 4) is 11.5 Å². The zero-order chi connectivity index (χ0) is 14.7. The Labute approximate surface area is 119 Å². The van der Waals surface area contributed by atoms with Gasteiger partial charge in [0.1, 0.15) is 0 Å². The maximum absolute atomic E-state index is 12.3. The first-order chi connectivity index (χ1) is 9.51. The summed E-state index contributed by atoms with van der Waals surface area (Å²) < 4.78 is 5.07. The number of ether oxygens (including phenoxy) is 1. The van der Waals surface area contributed by atoms with Gasteiger partial charge in [0.05, 0.1) is 7.11 Å². The summed E-state index contributed by atoms with van der Waals surface area (Å²) in [6, 6.07) is 5.28. The molecule has 0 saturated heterocycles. The van der Waals surface area contributed by atoms with Gasteiger partial charge in [-0.2, -0.15) is 0 Å². The second-order valence-corrected chi connectivity index (χ2v) is 5.47. The van der Waals surface area contributed by atoms with Crippen molar-refractivity contribution >= 4 is 5.91 Å². The van der Waals surface area contributed by atoms with Gasteiger partial charge in [-0.25, -0.2) is 0 Å². The van der Waals surface area contributed by atoms with E-state index in [-0.39, 0.29) is 23.6 Å². The van der Waals surface area contributed by atoms with Crippen molar-refractivity contribution < 1.29 is 14.6 Å². The first kappa shape index (κ1) is 14.7. The van der Waals surface area contributed by atoms with Gasteiger partial charge in [0.2, 0.25) is 5.91 Å². The second kappa shape index (κ2) is 6.13. The number of hydrogen-bond acceptors (Lipinski definition) is 4. The zero-order valence-corrected chi connectivity index (χ0v) is 12.0. The third kappa shape index (κ3) is 3.22. The van der Waals surface area contributed by atoms with Crippen molar-refractivity contribution in [3.63, 3.8) is 0 Å². The van der Waals surface area contributed by atoms with Gasteiger partial charge in [0.15, 0.2) is 11.5 Å². The summed E-state index contributed by atoms with van der Waals surface area (Å²) in [5.74, 6) is 0.720. The molecule has 1 aliphatic rings. The predicted octanol–water partition coefficient (Wildman–Crippen LogP) is 1.49. The molecule has 1 amide bonds. The molecule has 0 aromatic heterocycles. The van der Waals surface area contributed by atoms with Crippen molar-refractivity contribution in [2.75, 3.05) is 14.2 Å². The van der Waals surface area contributed by atoms with Crippen LogP contribution >= 0.6 is 0 Å². The van der Waals surface area contributed by atoms with E-state index in [2.05, 4.69) is 0 Å². The van der Waals surface area contributed by atoms with Crippen molar-refractivity contribution in [1.82, 2.24) is 4.90 Å². The molecule has 0 bridgehead atoms. The molecule has 2 rings (SSSR count). The lowest BCUT2D eigenvalue weighted by atomic mass is 10.1. The Bertz CT molecular complexity index is 490. The fourth-order valence-corrected chi connectivity index (χ4v) is 2.72. The van der Waals surface area contributed by atoms with Crippen LogP contribution in [0.4, 0.5) is 0 Å². The van der Waals surface area contributed by atoms with Gasteiger partial charge in [0.25, 0.3) is 0 Å². The summed E-state index contributed by atoms with van der Waals surface area (Å²) in [7, 11) is 3.30. The van der Waals surface area contributed by atoms with Crippen LogP contribution in [0.2, 0.25) is 0 Å². The van der Waals surface area contributed by atoms with Crippen molar-refractivity contribution in [2.45, 2.75) is 31.8 Å². The SMILES string of the molecule is COc1cc(CN(C)C(=O)C2CCC(N)C2)ccc1O. The normalized spacial score (nSPS) is 21.8. The quantitative estimate of drug-likeness (QED) is 0.875. The number of amides is 1. The number of methoxy groups -OCH3 is 1. The van der Waals surface area contributed by atoms with Crippen LogP contribution < -0.4 is 10.5 Å². The Balaban J connectivity index is 2.00. The van der Waals surface area contributed by atoms with E-state index in [9.17, 15) is 9.90 Å². The van der Waals surface area contributed by atoms with Crippen LogP contribution in [0.15, 0.2) is 18.2 Å². The molecule has 0 aliphatic heterocycles. The fraction of sp³-hybridized carbons (Fsp3) is 0.533. The van der Waals surface area contributed by atoms with Gasteiger partial charge in [0, 0.05) is 25.6 Å². The molecule has 1 aliphatic carbocycles. The minimum atomic E-state index is 0.0500. The highest BCUT2D eigenvalue weighted by atomic mass is 16.5. The Morgan fingerprint density at radius 3 is 2.85 bits per heavy atom. The minimum Gasteiger partial charge on any atom is -0.504 e. The summed E-state index contributed by atoms with van der Waals surface area (Å²) in [6.45, 7) is 0.501. The van der Waals surface area contributed by atoms with Crippen LogP contribution in [-0.2, 0) is 11.3 Å². The Kier molecular flexibility index (Phi) is 4.49. The Morgan fingerprint density at radius 1 is 1.50 bits per heavy atom. The van der Waals surface area contributed by atoms with E-state index in [4.69, 9.17) is 10.5 Å². The van der Waals surface area contributed by atoms with E-state index in [1.165, 1.54) is 7.11 Å². The highest BCUT2D eigenvalue weighted by Gasteiger charge is 2.29. The molecule has 1 aromatic carbocycles. The van der Waals surface area contributed by atoms with Crippen molar-refractivity contribution in [1.29, 1.82) is 0 Å². The number of carbonyl (C=O) groups is 1. The molecule has 5 nitrogen and oxygen atoms in total. The minimum absolute atomic E-state index is 0.0500. The monoisotopic (exact) mass is 278 g/mol. The fourth-order valence-electron chi connectivity index (χ4n) is 2.72. The number of benzene rings is 1. The van der Waals surface area contributed by atoms with Gasteiger partial charge in [-0.3, -0.25) is 4.79 Å². The molecule has 0 radical (unpaired) electrons. The topological polar surface area (TPSA) is 75.8 Å². The highest BCUT2D eigenvalue weighted by Crippen LogP contribution is 2.28.